The SMILES string of the molecule is CCOC(=O)CC(=O)COC(C)=O.CO. The number of hydrogen-bond donors (Lipinski definition) is 1. The number of aliphatic hydroxyl groups is 1. The third kappa shape index (κ3) is 12.6. The van der Waals surface area contributed by atoms with Gasteiger partial charge in [0.1, 0.15) is 6.42 Å². The van der Waals surface area contributed by atoms with E-state index in [9.17, 15) is 14.4 Å². The Hall–Kier alpha value is -1.43. The molecule has 0 aliphatic rings. The predicted molar refractivity (Wildman–Crippen MR) is 51.0 cm³/mol. The molecule has 0 aromatic heterocycles. The van der Waals surface area contributed by atoms with E-state index >= 15 is 0 Å². The zero-order valence-electron chi connectivity index (χ0n) is 9.11. The maximum atomic E-state index is 10.9. The van der Waals surface area contributed by atoms with E-state index in [1.54, 1.807) is 6.92 Å². The van der Waals surface area contributed by atoms with Crippen LogP contribution in [0.2, 0.25) is 0 Å². The first-order chi connectivity index (χ1) is 7.06. The number of ether oxygens (including phenoxy) is 2. The first kappa shape index (κ1) is 16.0. The van der Waals surface area contributed by atoms with Crippen molar-refractivity contribution in [2.45, 2.75) is 20.3 Å². The summed E-state index contributed by atoms with van der Waals surface area (Å²) >= 11 is 0. The second-order valence-corrected chi connectivity index (χ2v) is 2.30. The van der Waals surface area contributed by atoms with Crippen molar-refractivity contribution < 1.29 is 29.0 Å². The molecule has 6 nitrogen and oxygen atoms in total. The molecule has 0 aliphatic heterocycles. The van der Waals surface area contributed by atoms with Gasteiger partial charge in [-0.1, -0.05) is 0 Å². The number of hydrogen-bond acceptors (Lipinski definition) is 6. The summed E-state index contributed by atoms with van der Waals surface area (Å²) in [5.41, 5.74) is 0. The molecule has 1 N–H and O–H groups in total. The van der Waals surface area contributed by atoms with Crippen molar-refractivity contribution in [2.24, 2.45) is 0 Å². The molecule has 88 valence electrons. The fraction of sp³-hybridized carbons (Fsp3) is 0.667. The predicted octanol–water partition coefficient (Wildman–Crippen LogP) is -0.320. The van der Waals surface area contributed by atoms with Gasteiger partial charge in [-0.15, -0.1) is 0 Å². The molecular formula is C9H16O6. The van der Waals surface area contributed by atoms with Gasteiger partial charge in [0.25, 0.3) is 0 Å². The van der Waals surface area contributed by atoms with Gasteiger partial charge < -0.3 is 14.6 Å². The molecule has 0 amide bonds. The number of Topliss-reactive ketones (excluding diaryl/α,β-unsaturated/α-hetero) is 1. The quantitative estimate of drug-likeness (QED) is 0.504. The summed E-state index contributed by atoms with van der Waals surface area (Å²) in [6, 6.07) is 0. The maximum Gasteiger partial charge on any atom is 0.313 e. The molecule has 0 radical (unpaired) electrons. The van der Waals surface area contributed by atoms with E-state index < -0.39 is 17.7 Å². The first-order valence-corrected chi connectivity index (χ1v) is 4.31. The van der Waals surface area contributed by atoms with Crippen LogP contribution in [0.25, 0.3) is 0 Å². The van der Waals surface area contributed by atoms with Gasteiger partial charge in [-0.2, -0.15) is 0 Å². The van der Waals surface area contributed by atoms with E-state index in [-0.39, 0.29) is 19.6 Å². The number of esters is 2. The number of rotatable bonds is 5. The molecular weight excluding hydrogens is 204 g/mol. The Balaban J connectivity index is 0. The van der Waals surface area contributed by atoms with Gasteiger partial charge in [0.15, 0.2) is 12.4 Å². The highest BCUT2D eigenvalue weighted by Crippen LogP contribution is 1.90. The summed E-state index contributed by atoms with van der Waals surface area (Å²) in [5.74, 6) is -1.61. The third-order valence-electron chi connectivity index (χ3n) is 1.08. The average molecular weight is 220 g/mol. The number of carbonyl (C=O) groups excluding carboxylic acids is 3. The normalized spacial score (nSPS) is 8.27. The minimum absolute atomic E-state index is 0.236. The van der Waals surface area contributed by atoms with Crippen molar-refractivity contribution >= 4 is 17.7 Å². The van der Waals surface area contributed by atoms with E-state index in [0.717, 1.165) is 7.11 Å². The molecule has 0 aliphatic carbocycles. The van der Waals surface area contributed by atoms with E-state index in [4.69, 9.17) is 5.11 Å². The largest absolute Gasteiger partial charge is 0.466 e. The van der Waals surface area contributed by atoms with E-state index in [1.807, 2.05) is 0 Å². The molecule has 0 aromatic carbocycles. The molecule has 0 atom stereocenters. The maximum absolute atomic E-state index is 10.9. The van der Waals surface area contributed by atoms with Crippen LogP contribution in [-0.2, 0) is 23.9 Å². The lowest BCUT2D eigenvalue weighted by Crippen LogP contribution is -2.17. The van der Waals surface area contributed by atoms with E-state index in [0.29, 0.717) is 0 Å². The van der Waals surface area contributed by atoms with Crippen LogP contribution in [0.15, 0.2) is 0 Å². The summed E-state index contributed by atoms with van der Waals surface area (Å²) in [4.78, 5) is 31.8. The molecule has 0 rings (SSSR count). The number of aliphatic hydroxyl groups excluding tert-OH is 1. The zero-order valence-corrected chi connectivity index (χ0v) is 9.11. The van der Waals surface area contributed by atoms with Crippen molar-refractivity contribution in [2.75, 3.05) is 20.3 Å². The minimum atomic E-state index is -0.598. The van der Waals surface area contributed by atoms with Gasteiger partial charge in [-0.05, 0) is 6.92 Å². The van der Waals surface area contributed by atoms with Crippen LogP contribution in [0, 0.1) is 0 Å². The van der Waals surface area contributed by atoms with Gasteiger partial charge in [0.2, 0.25) is 0 Å². The zero-order chi connectivity index (χ0) is 12.3. The average Bonchev–Trinajstić information content (AvgIpc) is 2.18. The molecule has 15 heavy (non-hydrogen) atoms. The number of carbonyl (C=O) groups is 3. The fourth-order valence-corrected chi connectivity index (χ4v) is 0.606. The van der Waals surface area contributed by atoms with Crippen molar-refractivity contribution in [1.29, 1.82) is 0 Å². The lowest BCUT2D eigenvalue weighted by molar-refractivity contribution is -0.151. The van der Waals surface area contributed by atoms with Gasteiger partial charge in [0.05, 0.1) is 6.61 Å². The van der Waals surface area contributed by atoms with Gasteiger partial charge in [0, 0.05) is 14.0 Å². The highest BCUT2D eigenvalue weighted by Gasteiger charge is 2.10. The monoisotopic (exact) mass is 220 g/mol. The molecule has 0 saturated carbocycles. The van der Waals surface area contributed by atoms with Crippen LogP contribution in [0.4, 0.5) is 0 Å². The van der Waals surface area contributed by atoms with Gasteiger partial charge in [-0.25, -0.2) is 0 Å². The smallest absolute Gasteiger partial charge is 0.313 e. The second kappa shape index (κ2) is 10.6. The molecule has 0 heterocycles. The molecule has 0 saturated heterocycles. The minimum Gasteiger partial charge on any atom is -0.466 e. The van der Waals surface area contributed by atoms with Crippen LogP contribution in [-0.4, -0.2) is 43.2 Å². The standard InChI is InChI=1S/C8H12O5.CH4O/c1-3-12-8(11)4-7(10)5-13-6(2)9;1-2/h3-5H2,1-2H3;2H,1H3. The highest BCUT2D eigenvalue weighted by atomic mass is 16.5. The molecule has 0 bridgehead atoms. The van der Waals surface area contributed by atoms with Crippen LogP contribution < -0.4 is 0 Å². The van der Waals surface area contributed by atoms with Crippen LogP contribution in [0.1, 0.15) is 20.3 Å². The van der Waals surface area contributed by atoms with Crippen molar-refractivity contribution in [3.63, 3.8) is 0 Å². The molecule has 0 spiro atoms. The molecule has 0 aromatic rings. The summed E-state index contributed by atoms with van der Waals surface area (Å²) < 4.78 is 8.91. The fourth-order valence-electron chi connectivity index (χ4n) is 0.606. The Morgan fingerprint density at radius 2 is 1.67 bits per heavy atom. The number of ketones is 1. The van der Waals surface area contributed by atoms with Crippen LogP contribution in [0.3, 0.4) is 0 Å². The Morgan fingerprint density at radius 3 is 2.07 bits per heavy atom. The molecule has 0 unspecified atom stereocenters. The summed E-state index contributed by atoms with van der Waals surface area (Å²) in [7, 11) is 1.00. The Kier molecular flexibility index (Phi) is 11.4. The van der Waals surface area contributed by atoms with Crippen molar-refractivity contribution in [3.05, 3.63) is 0 Å². The lowest BCUT2D eigenvalue weighted by Gasteiger charge is -2.01. The first-order valence-electron chi connectivity index (χ1n) is 4.31. The van der Waals surface area contributed by atoms with E-state index in [1.165, 1.54) is 6.92 Å². The van der Waals surface area contributed by atoms with Crippen molar-refractivity contribution in [1.82, 2.24) is 0 Å². The summed E-state index contributed by atoms with van der Waals surface area (Å²) in [6.45, 7) is 2.71. The Labute approximate surface area is 88.2 Å². The highest BCUT2D eigenvalue weighted by molar-refractivity contribution is 5.96. The van der Waals surface area contributed by atoms with Gasteiger partial charge >= 0.3 is 11.9 Å². The van der Waals surface area contributed by atoms with Crippen molar-refractivity contribution in [3.8, 4) is 0 Å². The summed E-state index contributed by atoms with van der Waals surface area (Å²) in [6.07, 6.45) is -0.346. The van der Waals surface area contributed by atoms with Gasteiger partial charge in [-0.3, -0.25) is 14.4 Å². The third-order valence-corrected chi connectivity index (χ3v) is 1.08. The van der Waals surface area contributed by atoms with E-state index in [2.05, 4.69) is 9.47 Å². The topological polar surface area (TPSA) is 89.9 Å². The van der Waals surface area contributed by atoms with Crippen LogP contribution >= 0.6 is 0 Å². The Morgan fingerprint density at radius 1 is 1.13 bits per heavy atom. The second-order valence-electron chi connectivity index (χ2n) is 2.30. The molecule has 6 heteroatoms. The lowest BCUT2D eigenvalue weighted by atomic mass is 10.3. The summed E-state index contributed by atoms with van der Waals surface area (Å²) in [5, 5.41) is 7.00. The molecule has 0 fully saturated rings. The van der Waals surface area contributed by atoms with Crippen LogP contribution in [0.5, 0.6) is 0 Å². The Bertz CT molecular complexity index is 211.